The Morgan fingerprint density at radius 2 is 1.89 bits per heavy atom. The molecule has 0 bridgehead atoms. The number of halogens is 3. The van der Waals surface area contributed by atoms with Crippen molar-refractivity contribution in [3.8, 4) is 0 Å². The number of amides is 1. The van der Waals surface area contributed by atoms with Crippen LogP contribution < -0.4 is 5.32 Å². The largest absolute Gasteiger partial charge is 0.382 e. The van der Waals surface area contributed by atoms with Gasteiger partial charge in [0.15, 0.2) is 0 Å². The van der Waals surface area contributed by atoms with Crippen LogP contribution in [0.1, 0.15) is 23.7 Å². The Morgan fingerprint density at radius 1 is 1.28 bits per heavy atom. The highest BCUT2D eigenvalue weighted by molar-refractivity contribution is 6.42. The molecule has 18 heavy (non-hydrogen) atoms. The van der Waals surface area contributed by atoms with E-state index in [2.05, 4.69) is 5.32 Å². The van der Waals surface area contributed by atoms with Gasteiger partial charge in [0.05, 0.1) is 15.6 Å². The van der Waals surface area contributed by atoms with E-state index in [4.69, 9.17) is 39.5 Å². The molecule has 0 heterocycles. The van der Waals surface area contributed by atoms with Crippen molar-refractivity contribution in [2.75, 3.05) is 19.8 Å². The van der Waals surface area contributed by atoms with E-state index in [9.17, 15) is 4.79 Å². The molecule has 6 heteroatoms. The average Bonchev–Trinajstić information content (AvgIpc) is 2.27. The van der Waals surface area contributed by atoms with Crippen molar-refractivity contribution in [2.45, 2.75) is 13.3 Å². The first-order chi connectivity index (χ1) is 8.56. The lowest BCUT2D eigenvalue weighted by molar-refractivity contribution is 0.0944. The monoisotopic (exact) mass is 309 g/mol. The van der Waals surface area contributed by atoms with Gasteiger partial charge in [-0.2, -0.15) is 0 Å². The molecule has 0 spiro atoms. The molecule has 1 rings (SSSR count). The molecule has 0 aliphatic carbocycles. The van der Waals surface area contributed by atoms with Crippen molar-refractivity contribution < 1.29 is 9.53 Å². The third-order valence-electron chi connectivity index (χ3n) is 2.19. The lowest BCUT2D eigenvalue weighted by Gasteiger charge is -2.09. The molecule has 0 aliphatic rings. The van der Waals surface area contributed by atoms with Crippen LogP contribution in [-0.4, -0.2) is 25.7 Å². The first kappa shape index (κ1) is 15.6. The molecule has 0 atom stereocenters. The maximum absolute atomic E-state index is 11.9. The van der Waals surface area contributed by atoms with E-state index in [0.717, 1.165) is 6.42 Å². The van der Waals surface area contributed by atoms with Gasteiger partial charge in [0.2, 0.25) is 0 Å². The summed E-state index contributed by atoms with van der Waals surface area (Å²) in [7, 11) is 0. The minimum absolute atomic E-state index is 0.245. The highest BCUT2D eigenvalue weighted by Gasteiger charge is 2.15. The van der Waals surface area contributed by atoms with E-state index in [1.54, 1.807) is 0 Å². The average molecular weight is 311 g/mol. The summed E-state index contributed by atoms with van der Waals surface area (Å²) in [5, 5.41) is 3.62. The topological polar surface area (TPSA) is 38.3 Å². The van der Waals surface area contributed by atoms with Crippen LogP contribution in [0.4, 0.5) is 0 Å². The summed E-state index contributed by atoms with van der Waals surface area (Å²) in [5.41, 5.74) is 0.249. The number of hydrogen-bond acceptors (Lipinski definition) is 2. The van der Waals surface area contributed by atoms with Gasteiger partial charge in [0, 0.05) is 24.8 Å². The summed E-state index contributed by atoms with van der Waals surface area (Å²) in [6, 6.07) is 2.98. The normalized spacial score (nSPS) is 10.4. The maximum Gasteiger partial charge on any atom is 0.254 e. The third kappa shape index (κ3) is 4.65. The summed E-state index contributed by atoms with van der Waals surface area (Å²) in [5.74, 6) is -0.307. The smallest absolute Gasteiger partial charge is 0.254 e. The van der Waals surface area contributed by atoms with Gasteiger partial charge in [0.25, 0.3) is 5.91 Å². The van der Waals surface area contributed by atoms with Crippen molar-refractivity contribution in [3.63, 3.8) is 0 Å². The molecular formula is C12H14Cl3NO2. The summed E-state index contributed by atoms with van der Waals surface area (Å²) in [4.78, 5) is 11.9. The number of benzene rings is 1. The van der Waals surface area contributed by atoms with E-state index in [-0.39, 0.29) is 21.5 Å². The SMILES string of the molecule is CCOCCCNC(=O)c1c(Cl)cc(Cl)cc1Cl. The molecule has 3 nitrogen and oxygen atoms in total. The summed E-state index contributed by atoms with van der Waals surface area (Å²) < 4.78 is 5.16. The Bertz CT molecular complexity index is 401. The van der Waals surface area contributed by atoms with E-state index in [0.29, 0.717) is 24.8 Å². The summed E-state index contributed by atoms with van der Waals surface area (Å²) in [6.07, 6.45) is 0.738. The van der Waals surface area contributed by atoms with Crippen LogP contribution in [0.5, 0.6) is 0 Å². The molecule has 0 saturated heterocycles. The van der Waals surface area contributed by atoms with Gasteiger partial charge in [0.1, 0.15) is 0 Å². The van der Waals surface area contributed by atoms with E-state index >= 15 is 0 Å². The van der Waals surface area contributed by atoms with Gasteiger partial charge in [-0.25, -0.2) is 0 Å². The van der Waals surface area contributed by atoms with Gasteiger partial charge in [-0.3, -0.25) is 4.79 Å². The predicted molar refractivity (Wildman–Crippen MR) is 74.9 cm³/mol. The van der Waals surface area contributed by atoms with Crippen molar-refractivity contribution in [3.05, 3.63) is 32.8 Å². The predicted octanol–water partition coefficient (Wildman–Crippen LogP) is 3.80. The Kier molecular flexibility index (Phi) is 6.79. The van der Waals surface area contributed by atoms with E-state index in [1.807, 2.05) is 6.92 Å². The molecule has 0 fully saturated rings. The minimum Gasteiger partial charge on any atom is -0.382 e. The van der Waals surface area contributed by atoms with Crippen LogP contribution in [0, 0.1) is 0 Å². The molecule has 0 unspecified atom stereocenters. The summed E-state index contributed by atoms with van der Waals surface area (Å²) >= 11 is 17.6. The zero-order valence-corrected chi connectivity index (χ0v) is 12.2. The summed E-state index contributed by atoms with van der Waals surface area (Å²) in [6.45, 7) is 3.71. The zero-order valence-electron chi connectivity index (χ0n) is 9.93. The molecule has 1 amide bonds. The van der Waals surface area contributed by atoms with Crippen LogP contribution in [0.25, 0.3) is 0 Å². The molecule has 1 aromatic carbocycles. The molecule has 1 aromatic rings. The maximum atomic E-state index is 11.9. The Balaban J connectivity index is 2.57. The molecule has 0 saturated carbocycles. The van der Waals surface area contributed by atoms with Crippen LogP contribution in [-0.2, 0) is 4.74 Å². The molecule has 0 radical (unpaired) electrons. The number of rotatable bonds is 6. The highest BCUT2D eigenvalue weighted by atomic mass is 35.5. The lowest BCUT2D eigenvalue weighted by atomic mass is 10.2. The Hall–Kier alpha value is -0.480. The fourth-order valence-corrected chi connectivity index (χ4v) is 2.36. The van der Waals surface area contributed by atoms with Crippen molar-refractivity contribution in [2.24, 2.45) is 0 Å². The van der Waals surface area contributed by atoms with Crippen molar-refractivity contribution in [1.82, 2.24) is 5.32 Å². The van der Waals surface area contributed by atoms with Crippen LogP contribution >= 0.6 is 34.8 Å². The van der Waals surface area contributed by atoms with Gasteiger partial charge in [-0.1, -0.05) is 34.8 Å². The van der Waals surface area contributed by atoms with Crippen LogP contribution in [0.15, 0.2) is 12.1 Å². The molecule has 0 aromatic heterocycles. The first-order valence-electron chi connectivity index (χ1n) is 5.56. The van der Waals surface area contributed by atoms with Crippen molar-refractivity contribution >= 4 is 40.7 Å². The Morgan fingerprint density at radius 3 is 2.44 bits per heavy atom. The van der Waals surface area contributed by atoms with Crippen LogP contribution in [0.3, 0.4) is 0 Å². The van der Waals surface area contributed by atoms with Gasteiger partial charge >= 0.3 is 0 Å². The molecular weight excluding hydrogens is 296 g/mol. The van der Waals surface area contributed by atoms with Crippen molar-refractivity contribution in [1.29, 1.82) is 0 Å². The first-order valence-corrected chi connectivity index (χ1v) is 6.70. The second-order valence-corrected chi connectivity index (χ2v) is 4.80. The van der Waals surface area contributed by atoms with E-state index < -0.39 is 0 Å². The number of hydrogen-bond donors (Lipinski definition) is 1. The second kappa shape index (κ2) is 7.85. The third-order valence-corrected chi connectivity index (χ3v) is 3.00. The molecule has 1 N–H and O–H groups in total. The lowest BCUT2D eigenvalue weighted by Crippen LogP contribution is -2.25. The van der Waals surface area contributed by atoms with E-state index in [1.165, 1.54) is 12.1 Å². The number of nitrogens with one attached hydrogen (secondary N) is 1. The fourth-order valence-electron chi connectivity index (χ4n) is 1.37. The number of ether oxygens (including phenoxy) is 1. The quantitative estimate of drug-likeness (QED) is 0.812. The Labute approximate surface area is 121 Å². The minimum atomic E-state index is -0.307. The molecule has 0 aliphatic heterocycles. The van der Waals surface area contributed by atoms with Gasteiger partial charge < -0.3 is 10.1 Å². The number of carbonyl (C=O) groups is 1. The second-order valence-electron chi connectivity index (χ2n) is 3.55. The van der Waals surface area contributed by atoms with Gasteiger partial charge in [-0.15, -0.1) is 0 Å². The van der Waals surface area contributed by atoms with Crippen LogP contribution in [0.2, 0.25) is 15.1 Å². The number of carbonyl (C=O) groups excluding carboxylic acids is 1. The zero-order chi connectivity index (χ0) is 13.5. The molecule has 100 valence electrons. The van der Waals surface area contributed by atoms with Gasteiger partial charge in [-0.05, 0) is 25.5 Å². The standard InChI is InChI=1S/C12H14Cl3NO2/c1-2-18-5-3-4-16-12(17)11-9(14)6-8(13)7-10(11)15/h6-7H,2-5H2,1H3,(H,16,17). The highest BCUT2D eigenvalue weighted by Crippen LogP contribution is 2.28. The fraction of sp³-hybridized carbons (Fsp3) is 0.417.